The molecule has 0 saturated carbocycles. The van der Waals surface area contributed by atoms with Crippen molar-refractivity contribution in [1.82, 2.24) is 5.43 Å². The Labute approximate surface area is 133 Å². The van der Waals surface area contributed by atoms with Gasteiger partial charge in [-0.1, -0.05) is 29.8 Å². The van der Waals surface area contributed by atoms with E-state index in [0.717, 1.165) is 11.8 Å². The molecule has 0 aromatic heterocycles. The Hall–Kier alpha value is -2.09. The third kappa shape index (κ3) is 3.76. The predicted molar refractivity (Wildman–Crippen MR) is 85.1 cm³/mol. The lowest BCUT2D eigenvalue weighted by Crippen LogP contribution is -2.39. The summed E-state index contributed by atoms with van der Waals surface area (Å²) in [7, 11) is -2.33. The van der Waals surface area contributed by atoms with Crippen molar-refractivity contribution in [3.63, 3.8) is 0 Å². The van der Waals surface area contributed by atoms with Crippen LogP contribution in [0.3, 0.4) is 0 Å². The van der Waals surface area contributed by atoms with Gasteiger partial charge in [-0.25, -0.2) is 13.6 Å². The van der Waals surface area contributed by atoms with Gasteiger partial charge < -0.3 is 0 Å². The molecule has 0 unspecified atom stereocenters. The molecule has 0 saturated heterocycles. The van der Waals surface area contributed by atoms with E-state index >= 15 is 0 Å². The van der Waals surface area contributed by atoms with Crippen LogP contribution in [0.25, 0.3) is 0 Å². The first-order valence-electron chi connectivity index (χ1n) is 6.21. The SMILES string of the molecule is CN(NC(=O)c1ccc(Cl)c(S(N)(=O)=O)c1)c1ccccc1. The largest absolute Gasteiger partial charge is 0.288 e. The minimum Gasteiger partial charge on any atom is -0.288 e. The Bertz CT molecular complexity index is 794. The number of carbonyl (C=O) groups excluding carboxylic acids is 1. The Kier molecular flexibility index (Phi) is 4.70. The number of hydrogen-bond donors (Lipinski definition) is 2. The molecule has 8 heteroatoms. The first-order valence-corrected chi connectivity index (χ1v) is 8.13. The molecule has 0 aliphatic rings. The monoisotopic (exact) mass is 339 g/mol. The molecule has 0 radical (unpaired) electrons. The summed E-state index contributed by atoms with van der Waals surface area (Å²) in [5.41, 5.74) is 3.54. The molecular formula is C14H14ClN3O3S. The van der Waals surface area contributed by atoms with Gasteiger partial charge in [0.2, 0.25) is 10.0 Å². The Balaban J connectivity index is 2.24. The normalized spacial score (nSPS) is 11.0. The topological polar surface area (TPSA) is 92.5 Å². The smallest absolute Gasteiger partial charge is 0.269 e. The Morgan fingerprint density at radius 1 is 1.18 bits per heavy atom. The molecule has 3 N–H and O–H groups in total. The molecule has 0 spiro atoms. The number of amides is 1. The van der Waals surface area contributed by atoms with Gasteiger partial charge in [-0.3, -0.25) is 15.2 Å². The molecule has 0 bridgehead atoms. The second kappa shape index (κ2) is 6.35. The summed E-state index contributed by atoms with van der Waals surface area (Å²) < 4.78 is 22.8. The third-order valence-corrected chi connectivity index (χ3v) is 4.31. The van der Waals surface area contributed by atoms with Crippen molar-refractivity contribution in [2.75, 3.05) is 12.1 Å². The van der Waals surface area contributed by atoms with Crippen molar-refractivity contribution in [3.8, 4) is 0 Å². The third-order valence-electron chi connectivity index (χ3n) is 2.91. The average molecular weight is 340 g/mol. The van der Waals surface area contributed by atoms with Crippen molar-refractivity contribution < 1.29 is 13.2 Å². The predicted octanol–water partition coefficient (Wildman–Crippen LogP) is 1.77. The Morgan fingerprint density at radius 3 is 2.41 bits per heavy atom. The molecule has 2 aromatic carbocycles. The van der Waals surface area contributed by atoms with Gasteiger partial charge in [-0.15, -0.1) is 0 Å². The minimum absolute atomic E-state index is 0.0320. The van der Waals surface area contributed by atoms with Crippen LogP contribution in [-0.4, -0.2) is 21.4 Å². The highest BCUT2D eigenvalue weighted by atomic mass is 35.5. The van der Waals surface area contributed by atoms with Gasteiger partial charge in [0.1, 0.15) is 4.90 Å². The molecule has 2 rings (SSSR count). The molecule has 0 atom stereocenters. The molecular weight excluding hydrogens is 326 g/mol. The summed E-state index contributed by atoms with van der Waals surface area (Å²) in [6.07, 6.45) is 0. The summed E-state index contributed by atoms with van der Waals surface area (Å²) in [5.74, 6) is -0.479. The molecule has 0 heterocycles. The summed E-state index contributed by atoms with van der Waals surface area (Å²) in [4.78, 5) is 11.9. The number of halogens is 1. The number of rotatable bonds is 4. The number of anilines is 1. The van der Waals surface area contributed by atoms with Crippen molar-refractivity contribution in [2.24, 2.45) is 5.14 Å². The van der Waals surface area contributed by atoms with Crippen LogP contribution in [0.4, 0.5) is 5.69 Å². The van der Waals surface area contributed by atoms with Crippen LogP contribution in [0.2, 0.25) is 5.02 Å². The maximum absolute atomic E-state index is 12.2. The van der Waals surface area contributed by atoms with Crippen LogP contribution in [0, 0.1) is 0 Å². The fourth-order valence-electron chi connectivity index (χ4n) is 1.80. The second-order valence-corrected chi connectivity index (χ2v) is 6.46. The van der Waals surface area contributed by atoms with E-state index in [-0.39, 0.29) is 15.5 Å². The first-order chi connectivity index (χ1) is 10.3. The number of nitrogens with two attached hydrogens (primary N) is 1. The number of carbonyl (C=O) groups is 1. The van der Waals surface area contributed by atoms with Crippen LogP contribution < -0.4 is 15.6 Å². The molecule has 116 valence electrons. The van der Waals surface area contributed by atoms with Gasteiger partial charge >= 0.3 is 0 Å². The zero-order chi connectivity index (χ0) is 16.3. The summed E-state index contributed by atoms with van der Waals surface area (Å²) in [5, 5.41) is 6.55. The molecule has 0 aliphatic heterocycles. The van der Waals surface area contributed by atoms with Crippen molar-refractivity contribution in [3.05, 3.63) is 59.1 Å². The van der Waals surface area contributed by atoms with Gasteiger partial charge in [0.15, 0.2) is 0 Å². The number of nitrogens with zero attached hydrogens (tertiary/aromatic N) is 1. The zero-order valence-corrected chi connectivity index (χ0v) is 13.2. The van der Waals surface area contributed by atoms with Crippen molar-refractivity contribution in [2.45, 2.75) is 4.90 Å². The molecule has 22 heavy (non-hydrogen) atoms. The van der Waals surface area contributed by atoms with Gasteiger partial charge in [-0.05, 0) is 30.3 Å². The lowest BCUT2D eigenvalue weighted by atomic mass is 10.2. The molecule has 2 aromatic rings. The highest BCUT2D eigenvalue weighted by Crippen LogP contribution is 2.21. The number of sulfonamides is 1. The number of hydrogen-bond acceptors (Lipinski definition) is 4. The van der Waals surface area contributed by atoms with Gasteiger partial charge in [0.05, 0.1) is 10.7 Å². The van der Waals surface area contributed by atoms with E-state index in [1.807, 2.05) is 30.3 Å². The number of benzene rings is 2. The van der Waals surface area contributed by atoms with E-state index in [9.17, 15) is 13.2 Å². The van der Waals surface area contributed by atoms with Gasteiger partial charge in [-0.2, -0.15) is 0 Å². The van der Waals surface area contributed by atoms with Crippen LogP contribution in [-0.2, 0) is 10.0 Å². The highest BCUT2D eigenvalue weighted by Gasteiger charge is 2.17. The highest BCUT2D eigenvalue weighted by molar-refractivity contribution is 7.89. The molecule has 0 fully saturated rings. The van der Waals surface area contributed by atoms with E-state index in [2.05, 4.69) is 5.43 Å². The minimum atomic E-state index is -4.00. The van der Waals surface area contributed by atoms with E-state index in [4.69, 9.17) is 16.7 Å². The maximum atomic E-state index is 12.2. The number of primary sulfonamides is 1. The molecule has 0 aliphatic carbocycles. The fraction of sp³-hybridized carbons (Fsp3) is 0.0714. The second-order valence-electron chi connectivity index (χ2n) is 4.53. The van der Waals surface area contributed by atoms with E-state index in [0.29, 0.717) is 0 Å². The van der Waals surface area contributed by atoms with E-state index in [1.54, 1.807) is 7.05 Å². The van der Waals surface area contributed by atoms with Crippen molar-refractivity contribution in [1.29, 1.82) is 0 Å². The number of hydrazine groups is 1. The van der Waals surface area contributed by atoms with Crippen LogP contribution in [0.15, 0.2) is 53.4 Å². The summed E-state index contributed by atoms with van der Waals surface area (Å²) in [6, 6.07) is 13.0. The first kappa shape index (κ1) is 16.3. The van der Waals surface area contributed by atoms with Crippen LogP contribution in [0.1, 0.15) is 10.4 Å². The lowest BCUT2D eigenvalue weighted by Gasteiger charge is -2.20. The van der Waals surface area contributed by atoms with Gasteiger partial charge in [0.25, 0.3) is 5.91 Å². The van der Waals surface area contributed by atoms with Crippen molar-refractivity contribution >= 4 is 33.2 Å². The summed E-state index contributed by atoms with van der Waals surface area (Å²) in [6.45, 7) is 0. The van der Waals surface area contributed by atoms with E-state index in [1.165, 1.54) is 17.1 Å². The van der Waals surface area contributed by atoms with Crippen LogP contribution >= 0.6 is 11.6 Å². The number of nitrogens with one attached hydrogen (secondary N) is 1. The molecule has 1 amide bonds. The quantitative estimate of drug-likeness (QED) is 0.830. The number of para-hydroxylation sites is 1. The fourth-order valence-corrected chi connectivity index (χ4v) is 2.87. The van der Waals surface area contributed by atoms with Gasteiger partial charge in [0, 0.05) is 12.6 Å². The zero-order valence-electron chi connectivity index (χ0n) is 11.7. The lowest BCUT2D eigenvalue weighted by molar-refractivity contribution is 0.0951. The standard InChI is InChI=1S/C14H14ClN3O3S/c1-18(11-5-3-2-4-6-11)17-14(19)10-7-8-12(15)13(9-10)22(16,20)21/h2-9H,1H3,(H,17,19)(H2,16,20,21). The van der Waals surface area contributed by atoms with E-state index < -0.39 is 15.9 Å². The average Bonchev–Trinajstić information content (AvgIpc) is 2.47. The van der Waals surface area contributed by atoms with Crippen LogP contribution in [0.5, 0.6) is 0 Å². The maximum Gasteiger partial charge on any atom is 0.269 e. The molecule has 6 nitrogen and oxygen atoms in total. The summed E-state index contributed by atoms with van der Waals surface area (Å²) >= 11 is 5.79. The Morgan fingerprint density at radius 2 is 1.82 bits per heavy atom.